The normalized spacial score (nSPS) is 10.4. The Morgan fingerprint density at radius 2 is 1.80 bits per heavy atom. The number of rotatable bonds is 3. The van der Waals surface area contributed by atoms with Gasteiger partial charge in [0.1, 0.15) is 17.0 Å². The molecule has 5 heteroatoms. The van der Waals surface area contributed by atoms with Crippen molar-refractivity contribution in [1.82, 2.24) is 4.98 Å². The lowest BCUT2D eigenvalue weighted by Gasteiger charge is -2.07. The Kier molecular flexibility index (Phi) is 3.01. The van der Waals surface area contributed by atoms with Crippen molar-refractivity contribution in [1.29, 1.82) is 0 Å². The molecular formula is C15H10N2O3. The third-order valence-corrected chi connectivity index (χ3v) is 2.83. The topological polar surface area (TPSA) is 65.3 Å². The Morgan fingerprint density at radius 1 is 1.00 bits per heavy atom. The number of nitrogens with zero attached hydrogens (tertiary/aromatic N) is 2. The highest BCUT2D eigenvalue weighted by Gasteiger charge is 2.15. The number of aromatic nitrogens is 1. The van der Waals surface area contributed by atoms with Gasteiger partial charge in [0.2, 0.25) is 0 Å². The highest BCUT2D eigenvalue weighted by Crippen LogP contribution is 2.31. The van der Waals surface area contributed by atoms with Crippen molar-refractivity contribution >= 4 is 16.6 Å². The molecular weight excluding hydrogens is 256 g/mol. The van der Waals surface area contributed by atoms with Crippen LogP contribution in [-0.4, -0.2) is 9.91 Å². The summed E-state index contributed by atoms with van der Waals surface area (Å²) in [6.45, 7) is 0. The van der Waals surface area contributed by atoms with Crippen molar-refractivity contribution in [3.8, 4) is 11.5 Å². The Labute approximate surface area is 114 Å². The van der Waals surface area contributed by atoms with Crippen molar-refractivity contribution in [2.75, 3.05) is 0 Å². The van der Waals surface area contributed by atoms with E-state index in [1.165, 1.54) is 12.3 Å². The summed E-state index contributed by atoms with van der Waals surface area (Å²) in [4.78, 5) is 14.7. The van der Waals surface area contributed by atoms with E-state index in [2.05, 4.69) is 4.98 Å². The lowest BCUT2D eigenvalue weighted by Crippen LogP contribution is -1.93. The van der Waals surface area contributed by atoms with Crippen LogP contribution in [0.1, 0.15) is 0 Å². The van der Waals surface area contributed by atoms with E-state index in [9.17, 15) is 10.1 Å². The zero-order chi connectivity index (χ0) is 13.9. The largest absolute Gasteiger partial charge is 0.457 e. The minimum Gasteiger partial charge on any atom is -0.457 e. The average molecular weight is 266 g/mol. The van der Waals surface area contributed by atoms with Crippen molar-refractivity contribution < 1.29 is 9.66 Å². The second-order valence-electron chi connectivity index (χ2n) is 4.19. The van der Waals surface area contributed by atoms with Crippen LogP contribution >= 0.6 is 0 Å². The smallest absolute Gasteiger partial charge is 0.299 e. The Bertz CT molecular complexity index is 772. The lowest BCUT2D eigenvalue weighted by molar-refractivity contribution is -0.383. The van der Waals surface area contributed by atoms with E-state index in [0.29, 0.717) is 22.4 Å². The number of benzene rings is 2. The van der Waals surface area contributed by atoms with E-state index in [1.807, 2.05) is 18.2 Å². The van der Waals surface area contributed by atoms with Gasteiger partial charge in [-0.3, -0.25) is 10.1 Å². The van der Waals surface area contributed by atoms with Gasteiger partial charge in [-0.15, -0.1) is 0 Å². The number of nitro benzene ring substituents is 1. The fourth-order valence-corrected chi connectivity index (χ4v) is 1.97. The van der Waals surface area contributed by atoms with Crippen LogP contribution in [0.3, 0.4) is 0 Å². The minimum atomic E-state index is -0.451. The first-order valence-electron chi connectivity index (χ1n) is 6.00. The third kappa shape index (κ3) is 2.29. The molecule has 0 aliphatic rings. The molecule has 0 saturated carbocycles. The third-order valence-electron chi connectivity index (χ3n) is 2.83. The lowest BCUT2D eigenvalue weighted by atomic mass is 10.2. The summed E-state index contributed by atoms with van der Waals surface area (Å²) >= 11 is 0. The van der Waals surface area contributed by atoms with Gasteiger partial charge in [0, 0.05) is 11.6 Å². The van der Waals surface area contributed by atoms with Crippen LogP contribution in [0, 0.1) is 10.1 Å². The first kappa shape index (κ1) is 12.1. The van der Waals surface area contributed by atoms with E-state index in [4.69, 9.17) is 4.74 Å². The predicted molar refractivity (Wildman–Crippen MR) is 74.9 cm³/mol. The van der Waals surface area contributed by atoms with E-state index >= 15 is 0 Å². The van der Waals surface area contributed by atoms with E-state index < -0.39 is 4.92 Å². The number of nitro groups is 1. The summed E-state index contributed by atoms with van der Waals surface area (Å²) in [6.07, 6.45) is 1.53. The number of hydrogen-bond acceptors (Lipinski definition) is 4. The summed E-state index contributed by atoms with van der Waals surface area (Å²) in [5, 5.41) is 11.8. The Hall–Kier alpha value is -2.95. The monoisotopic (exact) mass is 266 g/mol. The second-order valence-corrected chi connectivity index (χ2v) is 4.19. The van der Waals surface area contributed by atoms with Crippen molar-refractivity contribution in [3.05, 3.63) is 70.9 Å². The van der Waals surface area contributed by atoms with Gasteiger partial charge in [-0.05, 0) is 24.3 Å². The molecule has 0 amide bonds. The van der Waals surface area contributed by atoms with Crippen LogP contribution in [0.5, 0.6) is 11.5 Å². The van der Waals surface area contributed by atoms with Crippen LogP contribution in [0.25, 0.3) is 10.9 Å². The number of pyridine rings is 1. The first-order chi connectivity index (χ1) is 9.74. The molecule has 3 aromatic rings. The van der Waals surface area contributed by atoms with Gasteiger partial charge in [-0.1, -0.05) is 24.3 Å². The number of para-hydroxylation sites is 1. The molecule has 0 N–H and O–H groups in total. The number of non-ortho nitro benzene ring substituents is 1. The van der Waals surface area contributed by atoms with E-state index in [0.717, 1.165) is 0 Å². The predicted octanol–water partition coefficient (Wildman–Crippen LogP) is 3.94. The van der Waals surface area contributed by atoms with Crippen molar-refractivity contribution in [3.63, 3.8) is 0 Å². The molecule has 3 rings (SSSR count). The standard InChI is InChI=1S/C15H10N2O3/c18-17(19)14-10-13(20-12-6-2-1-3-7-12)9-11-5-4-8-16-15(11)14/h1-10H. The molecule has 0 aliphatic carbocycles. The van der Waals surface area contributed by atoms with Crippen LogP contribution in [0.2, 0.25) is 0 Å². The maximum absolute atomic E-state index is 11.1. The molecule has 0 unspecified atom stereocenters. The first-order valence-corrected chi connectivity index (χ1v) is 6.00. The highest BCUT2D eigenvalue weighted by atomic mass is 16.6. The van der Waals surface area contributed by atoms with Gasteiger partial charge in [0.05, 0.1) is 11.0 Å². The number of fused-ring (bicyclic) bond motifs is 1. The molecule has 0 atom stereocenters. The zero-order valence-electron chi connectivity index (χ0n) is 10.4. The molecule has 1 aromatic heterocycles. The molecule has 0 saturated heterocycles. The van der Waals surface area contributed by atoms with Crippen molar-refractivity contribution in [2.24, 2.45) is 0 Å². The molecule has 1 heterocycles. The van der Waals surface area contributed by atoms with Gasteiger partial charge in [0.25, 0.3) is 5.69 Å². The average Bonchev–Trinajstić information content (AvgIpc) is 2.47. The number of ether oxygens (including phenoxy) is 1. The fourth-order valence-electron chi connectivity index (χ4n) is 1.97. The molecule has 98 valence electrons. The maximum atomic E-state index is 11.1. The molecule has 0 fully saturated rings. The van der Waals surface area contributed by atoms with Crippen LogP contribution < -0.4 is 4.74 Å². The van der Waals surface area contributed by atoms with Gasteiger partial charge >= 0.3 is 0 Å². The summed E-state index contributed by atoms with van der Waals surface area (Å²) < 4.78 is 5.65. The molecule has 0 aliphatic heterocycles. The van der Waals surface area contributed by atoms with Crippen LogP contribution in [-0.2, 0) is 0 Å². The second kappa shape index (κ2) is 4.97. The van der Waals surface area contributed by atoms with E-state index in [1.54, 1.807) is 30.3 Å². The molecule has 0 spiro atoms. The summed E-state index contributed by atoms with van der Waals surface area (Å²) in [7, 11) is 0. The van der Waals surface area contributed by atoms with Crippen molar-refractivity contribution in [2.45, 2.75) is 0 Å². The molecule has 0 bridgehead atoms. The Balaban J connectivity index is 2.10. The number of hydrogen-bond donors (Lipinski definition) is 0. The quantitative estimate of drug-likeness (QED) is 0.532. The van der Waals surface area contributed by atoms with Crippen LogP contribution in [0.15, 0.2) is 60.8 Å². The van der Waals surface area contributed by atoms with Gasteiger partial charge in [-0.2, -0.15) is 0 Å². The minimum absolute atomic E-state index is 0.0611. The summed E-state index contributed by atoms with van der Waals surface area (Å²) in [6, 6.07) is 15.8. The van der Waals surface area contributed by atoms with Crippen LogP contribution in [0.4, 0.5) is 5.69 Å². The van der Waals surface area contributed by atoms with Gasteiger partial charge in [0.15, 0.2) is 0 Å². The molecule has 20 heavy (non-hydrogen) atoms. The zero-order valence-corrected chi connectivity index (χ0v) is 10.4. The summed E-state index contributed by atoms with van der Waals surface area (Å²) in [5.41, 5.74) is 0.298. The van der Waals surface area contributed by atoms with Gasteiger partial charge < -0.3 is 4.74 Å². The fraction of sp³-hybridized carbons (Fsp3) is 0. The van der Waals surface area contributed by atoms with E-state index in [-0.39, 0.29) is 5.69 Å². The molecule has 2 aromatic carbocycles. The highest BCUT2D eigenvalue weighted by molar-refractivity contribution is 5.88. The summed E-state index contributed by atoms with van der Waals surface area (Å²) in [5.74, 6) is 1.05. The molecule has 5 nitrogen and oxygen atoms in total. The molecule has 0 radical (unpaired) electrons. The Morgan fingerprint density at radius 3 is 2.55 bits per heavy atom. The van der Waals surface area contributed by atoms with Gasteiger partial charge in [-0.25, -0.2) is 4.98 Å². The SMILES string of the molecule is O=[N+]([O-])c1cc(Oc2ccccc2)cc2cccnc12. The maximum Gasteiger partial charge on any atom is 0.299 e.